The number of carbonyl (C=O) groups excluding carboxylic acids is 1. The number of likely N-dealkylation sites (tertiary alicyclic amines) is 1. The Hall–Kier alpha value is -0.610. The first-order chi connectivity index (χ1) is 9.80. The van der Waals surface area contributed by atoms with Gasteiger partial charge in [0.25, 0.3) is 0 Å². The molecule has 124 valence electrons. The van der Waals surface area contributed by atoms with E-state index in [1.807, 2.05) is 13.8 Å². The van der Waals surface area contributed by atoms with Gasteiger partial charge in [0, 0.05) is 18.6 Å². The van der Waals surface area contributed by atoms with Crippen molar-refractivity contribution in [2.75, 3.05) is 19.7 Å². The average Bonchev–Trinajstić information content (AvgIpc) is 2.84. The van der Waals surface area contributed by atoms with E-state index in [2.05, 4.69) is 37.9 Å². The standard InChI is InChI=1S/C17H34N2O2/c1-7-21-16(20)17(6,18-14(4)5)10-12-19-11-8-9-15(19)13(2)3/h13-15,18H,7-12H2,1-6H3. The Kier molecular flexibility index (Phi) is 7.14. The quantitative estimate of drug-likeness (QED) is 0.700. The van der Waals surface area contributed by atoms with Crippen molar-refractivity contribution in [1.29, 1.82) is 0 Å². The second-order valence-electron chi connectivity index (χ2n) is 7.09. The summed E-state index contributed by atoms with van der Waals surface area (Å²) in [6.07, 6.45) is 3.36. The highest BCUT2D eigenvalue weighted by Crippen LogP contribution is 2.25. The number of nitrogens with zero attached hydrogens (tertiary/aromatic N) is 1. The maximum absolute atomic E-state index is 12.3. The van der Waals surface area contributed by atoms with Gasteiger partial charge in [-0.3, -0.25) is 10.1 Å². The molecule has 1 fully saturated rings. The van der Waals surface area contributed by atoms with Crippen molar-refractivity contribution in [2.45, 2.75) is 78.4 Å². The normalized spacial score (nSPS) is 22.8. The molecule has 0 radical (unpaired) electrons. The minimum Gasteiger partial charge on any atom is -0.465 e. The lowest BCUT2D eigenvalue weighted by atomic mass is 9.95. The molecule has 4 nitrogen and oxygen atoms in total. The monoisotopic (exact) mass is 298 g/mol. The lowest BCUT2D eigenvalue weighted by molar-refractivity contribution is -0.151. The molecule has 0 aromatic carbocycles. The molecule has 0 spiro atoms. The molecule has 0 amide bonds. The van der Waals surface area contributed by atoms with E-state index in [1.54, 1.807) is 0 Å². The van der Waals surface area contributed by atoms with Crippen molar-refractivity contribution in [3.05, 3.63) is 0 Å². The van der Waals surface area contributed by atoms with Crippen LogP contribution in [0.1, 0.15) is 60.8 Å². The molecule has 1 aliphatic rings. The highest BCUT2D eigenvalue weighted by atomic mass is 16.5. The molecular weight excluding hydrogens is 264 g/mol. The fraction of sp³-hybridized carbons (Fsp3) is 0.941. The highest BCUT2D eigenvalue weighted by Gasteiger charge is 2.37. The van der Waals surface area contributed by atoms with Crippen molar-refractivity contribution in [3.8, 4) is 0 Å². The van der Waals surface area contributed by atoms with E-state index < -0.39 is 5.54 Å². The smallest absolute Gasteiger partial charge is 0.326 e. The molecular formula is C17H34N2O2. The Bertz CT molecular complexity index is 331. The summed E-state index contributed by atoms with van der Waals surface area (Å²) in [5.41, 5.74) is -0.589. The maximum atomic E-state index is 12.3. The van der Waals surface area contributed by atoms with Gasteiger partial charge in [0.2, 0.25) is 0 Å². The summed E-state index contributed by atoms with van der Waals surface area (Å²) < 4.78 is 5.28. The Labute approximate surface area is 130 Å². The van der Waals surface area contributed by atoms with Gasteiger partial charge in [-0.25, -0.2) is 0 Å². The second kappa shape index (κ2) is 8.14. The summed E-state index contributed by atoms with van der Waals surface area (Å²) in [6, 6.07) is 0.925. The molecule has 1 aliphatic heterocycles. The van der Waals surface area contributed by atoms with Gasteiger partial charge in [-0.2, -0.15) is 0 Å². The van der Waals surface area contributed by atoms with Crippen LogP contribution in [0.15, 0.2) is 0 Å². The second-order valence-corrected chi connectivity index (χ2v) is 7.09. The zero-order valence-corrected chi connectivity index (χ0v) is 14.7. The third kappa shape index (κ3) is 5.26. The van der Waals surface area contributed by atoms with Crippen LogP contribution in [-0.2, 0) is 9.53 Å². The van der Waals surface area contributed by atoms with Crippen LogP contribution in [0.3, 0.4) is 0 Å². The maximum Gasteiger partial charge on any atom is 0.326 e. The van der Waals surface area contributed by atoms with Crippen LogP contribution >= 0.6 is 0 Å². The molecule has 2 atom stereocenters. The molecule has 2 unspecified atom stereocenters. The van der Waals surface area contributed by atoms with E-state index in [0.717, 1.165) is 19.5 Å². The summed E-state index contributed by atoms with van der Waals surface area (Å²) in [5, 5.41) is 3.41. The molecule has 0 aromatic heterocycles. The number of nitrogens with one attached hydrogen (secondary N) is 1. The highest BCUT2D eigenvalue weighted by molar-refractivity contribution is 5.80. The van der Waals surface area contributed by atoms with Crippen LogP contribution in [-0.4, -0.2) is 48.2 Å². The zero-order valence-electron chi connectivity index (χ0n) is 14.7. The molecule has 1 saturated heterocycles. The molecule has 1 N–H and O–H groups in total. The van der Waals surface area contributed by atoms with Crippen molar-refractivity contribution in [3.63, 3.8) is 0 Å². The summed E-state index contributed by atoms with van der Waals surface area (Å²) >= 11 is 0. The number of rotatable bonds is 8. The average molecular weight is 298 g/mol. The first-order valence-corrected chi connectivity index (χ1v) is 8.49. The van der Waals surface area contributed by atoms with Crippen LogP contribution in [0.4, 0.5) is 0 Å². The number of hydrogen-bond donors (Lipinski definition) is 1. The van der Waals surface area contributed by atoms with Crippen molar-refractivity contribution in [2.24, 2.45) is 5.92 Å². The van der Waals surface area contributed by atoms with E-state index in [0.29, 0.717) is 18.6 Å². The van der Waals surface area contributed by atoms with Gasteiger partial charge < -0.3 is 9.64 Å². The van der Waals surface area contributed by atoms with E-state index in [4.69, 9.17) is 4.74 Å². The molecule has 0 aliphatic carbocycles. The van der Waals surface area contributed by atoms with Crippen LogP contribution in [0.2, 0.25) is 0 Å². The van der Waals surface area contributed by atoms with Crippen molar-refractivity contribution >= 4 is 5.97 Å². The van der Waals surface area contributed by atoms with Gasteiger partial charge in [0.1, 0.15) is 5.54 Å². The van der Waals surface area contributed by atoms with E-state index in [9.17, 15) is 4.79 Å². The van der Waals surface area contributed by atoms with Crippen LogP contribution in [0.5, 0.6) is 0 Å². The Morgan fingerprint density at radius 2 is 2.05 bits per heavy atom. The van der Waals surface area contributed by atoms with Crippen molar-refractivity contribution in [1.82, 2.24) is 10.2 Å². The van der Waals surface area contributed by atoms with Crippen LogP contribution in [0.25, 0.3) is 0 Å². The Balaban J connectivity index is 2.66. The summed E-state index contributed by atoms with van der Waals surface area (Å²) in [7, 11) is 0. The largest absolute Gasteiger partial charge is 0.465 e. The molecule has 1 heterocycles. The van der Waals surface area contributed by atoms with E-state index >= 15 is 0 Å². The third-order valence-electron chi connectivity index (χ3n) is 4.42. The van der Waals surface area contributed by atoms with Gasteiger partial charge in [0.15, 0.2) is 0 Å². The fourth-order valence-corrected chi connectivity index (χ4v) is 3.41. The predicted molar refractivity (Wildman–Crippen MR) is 87.4 cm³/mol. The number of hydrogen-bond acceptors (Lipinski definition) is 4. The van der Waals surface area contributed by atoms with Gasteiger partial charge in [-0.1, -0.05) is 13.8 Å². The predicted octanol–water partition coefficient (Wildman–Crippen LogP) is 2.82. The van der Waals surface area contributed by atoms with Gasteiger partial charge in [0.05, 0.1) is 6.61 Å². The SMILES string of the molecule is CCOC(=O)C(C)(CCN1CCCC1C(C)C)NC(C)C. The van der Waals surface area contributed by atoms with Gasteiger partial charge >= 0.3 is 5.97 Å². The van der Waals surface area contributed by atoms with Crippen LogP contribution < -0.4 is 5.32 Å². The molecule has 0 aromatic rings. The Morgan fingerprint density at radius 3 is 2.57 bits per heavy atom. The van der Waals surface area contributed by atoms with Crippen LogP contribution in [0, 0.1) is 5.92 Å². The molecule has 1 rings (SSSR count). The first-order valence-electron chi connectivity index (χ1n) is 8.49. The topological polar surface area (TPSA) is 41.6 Å². The summed E-state index contributed by atoms with van der Waals surface area (Å²) in [6.45, 7) is 15.1. The number of carbonyl (C=O) groups is 1. The van der Waals surface area contributed by atoms with E-state index in [1.165, 1.54) is 12.8 Å². The molecule has 4 heteroatoms. The Morgan fingerprint density at radius 1 is 1.38 bits per heavy atom. The first kappa shape index (κ1) is 18.4. The van der Waals surface area contributed by atoms with Crippen molar-refractivity contribution < 1.29 is 9.53 Å². The molecule has 0 bridgehead atoms. The summed E-state index contributed by atoms with van der Waals surface area (Å²) in [5.74, 6) is 0.554. The fourth-order valence-electron chi connectivity index (χ4n) is 3.41. The number of ether oxygens (including phenoxy) is 1. The lowest BCUT2D eigenvalue weighted by Crippen LogP contribution is -2.55. The minimum absolute atomic E-state index is 0.126. The minimum atomic E-state index is -0.589. The third-order valence-corrected chi connectivity index (χ3v) is 4.42. The van der Waals surface area contributed by atoms with Gasteiger partial charge in [-0.15, -0.1) is 0 Å². The van der Waals surface area contributed by atoms with E-state index in [-0.39, 0.29) is 12.0 Å². The molecule has 0 saturated carbocycles. The lowest BCUT2D eigenvalue weighted by Gasteiger charge is -2.34. The zero-order chi connectivity index (χ0) is 16.0. The summed E-state index contributed by atoms with van der Waals surface area (Å²) in [4.78, 5) is 14.9. The van der Waals surface area contributed by atoms with Gasteiger partial charge in [-0.05, 0) is 59.4 Å². The molecule has 21 heavy (non-hydrogen) atoms. The number of esters is 1.